The Morgan fingerprint density at radius 2 is 1.71 bits per heavy atom. The van der Waals surface area contributed by atoms with Crippen LogP contribution in [-0.2, 0) is 14.6 Å². The van der Waals surface area contributed by atoms with E-state index in [0.29, 0.717) is 6.07 Å². The predicted molar refractivity (Wildman–Crippen MR) is 108 cm³/mol. The molecule has 0 saturated heterocycles. The molecule has 0 aliphatic rings. The van der Waals surface area contributed by atoms with Gasteiger partial charge in [-0.05, 0) is 43.3 Å². The quantitative estimate of drug-likeness (QED) is 0.342. The molecule has 1 unspecified atom stereocenters. The van der Waals surface area contributed by atoms with Crippen LogP contribution >= 0.6 is 0 Å². The maximum Gasteiger partial charge on any atom is 0.573 e. The molecule has 35 heavy (non-hydrogen) atoms. The number of ether oxygens (including phenoxy) is 2. The summed E-state index contributed by atoms with van der Waals surface area (Å²) in [5, 5.41) is 2.98. The van der Waals surface area contributed by atoms with Gasteiger partial charge < -0.3 is 9.47 Å². The van der Waals surface area contributed by atoms with Crippen LogP contribution in [-0.4, -0.2) is 49.1 Å². The van der Waals surface area contributed by atoms with Crippen molar-refractivity contribution in [3.05, 3.63) is 58.4 Å². The number of nitrogens with zero attached hydrogens (tertiary/aromatic N) is 2. The summed E-state index contributed by atoms with van der Waals surface area (Å²) < 4.78 is 111. The molecular weight excluding hydrogens is 510 g/mol. The topological polar surface area (TPSA) is 105 Å². The molecule has 1 aromatic heterocycles. The molecule has 0 bridgehead atoms. The number of alkyl halides is 6. The SMILES string of the molecule is CCOC(=O)c1nn(-c2ccc(OC(F)(F)F)cc2)c2cccc(S(=O)(=O)C(F)C(F)F)c2c1=O. The highest BCUT2D eigenvalue weighted by Gasteiger charge is 2.38. The third kappa shape index (κ3) is 5.23. The lowest BCUT2D eigenvalue weighted by Gasteiger charge is -2.16. The normalized spacial score (nSPS) is 13.1. The van der Waals surface area contributed by atoms with Crippen LogP contribution in [0.3, 0.4) is 0 Å². The molecule has 0 radical (unpaired) electrons. The first kappa shape index (κ1) is 26.0. The van der Waals surface area contributed by atoms with Crippen LogP contribution in [0.25, 0.3) is 16.6 Å². The van der Waals surface area contributed by atoms with Gasteiger partial charge in [0.2, 0.25) is 21.0 Å². The number of sulfone groups is 1. The Morgan fingerprint density at radius 3 is 2.26 bits per heavy atom. The lowest BCUT2D eigenvalue weighted by Crippen LogP contribution is -2.28. The van der Waals surface area contributed by atoms with Gasteiger partial charge in [-0.3, -0.25) is 4.79 Å². The summed E-state index contributed by atoms with van der Waals surface area (Å²) in [5.41, 5.74) is -6.44. The van der Waals surface area contributed by atoms with Crippen LogP contribution in [0, 0.1) is 0 Å². The van der Waals surface area contributed by atoms with E-state index < -0.39 is 61.3 Å². The van der Waals surface area contributed by atoms with Gasteiger partial charge in [0.15, 0.2) is 0 Å². The summed E-state index contributed by atoms with van der Waals surface area (Å²) >= 11 is 0. The molecule has 0 fully saturated rings. The van der Waals surface area contributed by atoms with Crippen molar-refractivity contribution in [1.82, 2.24) is 9.78 Å². The van der Waals surface area contributed by atoms with Crippen LogP contribution in [0.15, 0.2) is 52.2 Å². The van der Waals surface area contributed by atoms with Crippen molar-refractivity contribution in [3.8, 4) is 11.4 Å². The summed E-state index contributed by atoms with van der Waals surface area (Å²) in [6, 6.07) is 6.63. The third-order valence-corrected chi connectivity index (χ3v) is 6.21. The predicted octanol–water partition coefficient (Wildman–Crippen LogP) is 3.80. The Bertz CT molecular complexity index is 1420. The maximum atomic E-state index is 14.0. The Balaban J connectivity index is 2.35. The van der Waals surface area contributed by atoms with Crippen LogP contribution in [0.2, 0.25) is 0 Å². The number of esters is 1. The Morgan fingerprint density at radius 1 is 1.09 bits per heavy atom. The average molecular weight is 524 g/mol. The van der Waals surface area contributed by atoms with E-state index in [0.717, 1.165) is 41.1 Å². The van der Waals surface area contributed by atoms with Gasteiger partial charge in [0.05, 0.1) is 28.1 Å². The van der Waals surface area contributed by atoms with Gasteiger partial charge in [-0.15, -0.1) is 13.2 Å². The van der Waals surface area contributed by atoms with Crippen molar-refractivity contribution in [2.75, 3.05) is 6.61 Å². The van der Waals surface area contributed by atoms with E-state index in [4.69, 9.17) is 4.74 Å². The maximum absolute atomic E-state index is 14.0. The number of fused-ring (bicyclic) bond motifs is 1. The fraction of sp³-hybridized carbons (Fsp3) is 0.250. The van der Waals surface area contributed by atoms with E-state index in [1.165, 1.54) is 6.92 Å². The molecule has 2 aromatic carbocycles. The minimum Gasteiger partial charge on any atom is -0.461 e. The summed E-state index contributed by atoms with van der Waals surface area (Å²) in [5.74, 6) is -1.93. The monoisotopic (exact) mass is 524 g/mol. The highest BCUT2D eigenvalue weighted by atomic mass is 32.2. The van der Waals surface area contributed by atoms with E-state index in [1.807, 2.05) is 0 Å². The number of hydrogen-bond donors (Lipinski definition) is 0. The van der Waals surface area contributed by atoms with Crippen LogP contribution < -0.4 is 10.2 Å². The highest BCUT2D eigenvalue weighted by molar-refractivity contribution is 7.92. The van der Waals surface area contributed by atoms with Crippen molar-refractivity contribution < 1.29 is 49.0 Å². The minimum atomic E-state index is -5.42. The van der Waals surface area contributed by atoms with Crippen molar-refractivity contribution in [3.63, 3.8) is 0 Å². The number of aromatic nitrogens is 2. The smallest absolute Gasteiger partial charge is 0.461 e. The second-order valence-corrected chi connectivity index (χ2v) is 8.71. The van der Waals surface area contributed by atoms with E-state index in [1.54, 1.807) is 0 Å². The Hall–Kier alpha value is -3.62. The average Bonchev–Trinajstić information content (AvgIpc) is 2.78. The second-order valence-electron chi connectivity index (χ2n) is 6.73. The fourth-order valence-electron chi connectivity index (χ4n) is 3.05. The number of rotatable bonds is 7. The zero-order valence-electron chi connectivity index (χ0n) is 17.4. The van der Waals surface area contributed by atoms with E-state index in [2.05, 4.69) is 9.84 Å². The first-order chi connectivity index (χ1) is 16.3. The van der Waals surface area contributed by atoms with E-state index in [-0.39, 0.29) is 17.8 Å². The van der Waals surface area contributed by atoms with Gasteiger partial charge in [0.25, 0.3) is 11.9 Å². The Kier molecular flexibility index (Phi) is 7.10. The third-order valence-electron chi connectivity index (χ3n) is 4.46. The number of benzene rings is 2. The van der Waals surface area contributed by atoms with E-state index >= 15 is 0 Å². The zero-order valence-corrected chi connectivity index (χ0v) is 18.2. The molecule has 0 amide bonds. The van der Waals surface area contributed by atoms with Gasteiger partial charge in [-0.1, -0.05) is 6.07 Å². The number of halogens is 6. The minimum absolute atomic E-state index is 0.0877. The van der Waals surface area contributed by atoms with Gasteiger partial charge in [0.1, 0.15) is 5.75 Å². The fourth-order valence-corrected chi connectivity index (χ4v) is 4.32. The number of carbonyl (C=O) groups is 1. The zero-order chi connectivity index (χ0) is 26.1. The molecule has 15 heteroatoms. The van der Waals surface area contributed by atoms with Gasteiger partial charge in [-0.25, -0.2) is 31.1 Å². The summed E-state index contributed by atoms with van der Waals surface area (Å²) in [6.07, 6.45) is -8.93. The lowest BCUT2D eigenvalue weighted by molar-refractivity contribution is -0.274. The van der Waals surface area contributed by atoms with Gasteiger partial charge >= 0.3 is 12.3 Å². The van der Waals surface area contributed by atoms with Gasteiger partial charge in [0, 0.05) is 0 Å². The first-order valence-corrected chi connectivity index (χ1v) is 11.1. The number of hydrogen-bond acceptors (Lipinski definition) is 7. The Labute approximate surface area is 192 Å². The van der Waals surface area contributed by atoms with Crippen molar-refractivity contribution in [2.24, 2.45) is 0 Å². The molecule has 0 N–H and O–H groups in total. The van der Waals surface area contributed by atoms with Crippen molar-refractivity contribution in [2.45, 2.75) is 30.1 Å². The summed E-state index contributed by atoms with van der Waals surface area (Å²) in [4.78, 5) is 24.2. The molecule has 0 saturated carbocycles. The molecule has 8 nitrogen and oxygen atoms in total. The number of carbonyl (C=O) groups excluding carboxylic acids is 1. The largest absolute Gasteiger partial charge is 0.573 e. The molecule has 3 aromatic rings. The molecule has 0 aliphatic heterocycles. The molecule has 1 heterocycles. The standard InChI is InChI=1S/C20H14F6N2O6S/c1-2-33-19(30)15-16(29)14-12(4-3-5-13(14)35(31,32)18(23)17(21)22)28(27-15)10-6-8-11(9-7-10)34-20(24,25)26/h3-9,17-18H,2H2,1H3. The van der Waals surface area contributed by atoms with Crippen molar-refractivity contribution in [1.29, 1.82) is 0 Å². The van der Waals surface area contributed by atoms with Crippen LogP contribution in [0.4, 0.5) is 26.3 Å². The van der Waals surface area contributed by atoms with Gasteiger partial charge in [-0.2, -0.15) is 5.10 Å². The van der Waals surface area contributed by atoms with Crippen LogP contribution in [0.5, 0.6) is 5.75 Å². The van der Waals surface area contributed by atoms with Crippen LogP contribution in [0.1, 0.15) is 17.4 Å². The summed E-state index contributed by atoms with van der Waals surface area (Å²) in [7, 11) is -5.42. The molecule has 0 aliphatic carbocycles. The molecule has 188 valence electrons. The van der Waals surface area contributed by atoms with E-state index in [9.17, 15) is 44.3 Å². The highest BCUT2D eigenvalue weighted by Crippen LogP contribution is 2.29. The van der Waals surface area contributed by atoms with Crippen molar-refractivity contribution >= 4 is 26.7 Å². The second kappa shape index (κ2) is 9.56. The first-order valence-electron chi connectivity index (χ1n) is 9.53. The lowest BCUT2D eigenvalue weighted by atomic mass is 10.2. The molecule has 3 rings (SSSR count). The molecular formula is C20H14F6N2O6S. The summed E-state index contributed by atoms with van der Waals surface area (Å²) in [6.45, 7) is 1.17. The molecule has 0 spiro atoms. The molecule has 1 atom stereocenters.